The zero-order valence-electron chi connectivity index (χ0n) is 18.9. The van der Waals surface area contributed by atoms with E-state index in [1.807, 2.05) is 30.3 Å². The fraction of sp³-hybridized carbons (Fsp3) is 0.500. The van der Waals surface area contributed by atoms with E-state index in [1.54, 1.807) is 23.1 Å². The minimum absolute atomic E-state index is 0.0773. The Bertz CT molecular complexity index is 1110. The minimum atomic E-state index is -0.335. The van der Waals surface area contributed by atoms with Crippen molar-refractivity contribution in [2.75, 3.05) is 0 Å². The van der Waals surface area contributed by atoms with Crippen LogP contribution in [0, 0.1) is 17.8 Å². The van der Waals surface area contributed by atoms with Crippen molar-refractivity contribution < 1.29 is 4.79 Å². The zero-order chi connectivity index (χ0) is 22.4. The average Bonchev–Trinajstić information content (AvgIpc) is 3.30. The molecule has 33 heavy (non-hydrogen) atoms. The van der Waals surface area contributed by atoms with Crippen LogP contribution >= 0.6 is 23.1 Å². The van der Waals surface area contributed by atoms with Gasteiger partial charge >= 0.3 is 0 Å². The Morgan fingerprint density at radius 1 is 1.09 bits per heavy atom. The molecule has 5 unspecified atom stereocenters. The van der Waals surface area contributed by atoms with Crippen LogP contribution in [0.4, 0.5) is 0 Å². The lowest BCUT2D eigenvalue weighted by Crippen LogP contribution is -2.30. The largest absolute Gasteiger partial charge is 0.352 e. The second-order valence-corrected chi connectivity index (χ2v) is 11.9. The van der Waals surface area contributed by atoms with Gasteiger partial charge in [-0.05, 0) is 73.8 Å². The maximum atomic E-state index is 13.3. The third-order valence-corrected chi connectivity index (χ3v) is 9.79. The van der Waals surface area contributed by atoms with Crippen molar-refractivity contribution in [3.05, 3.63) is 53.4 Å². The highest BCUT2D eigenvalue weighted by molar-refractivity contribution is 8.00. The topological polar surface area (TPSA) is 59.8 Å². The van der Waals surface area contributed by atoms with Gasteiger partial charge < -0.3 is 5.32 Å². The molecule has 2 bridgehead atoms. The van der Waals surface area contributed by atoms with E-state index in [2.05, 4.69) is 44.5 Å². The Hall–Kier alpha value is -2.12. The van der Waals surface area contributed by atoms with Crippen LogP contribution in [0.3, 0.4) is 0 Å². The third kappa shape index (κ3) is 4.26. The van der Waals surface area contributed by atoms with Crippen LogP contribution < -0.4 is 5.32 Å². The van der Waals surface area contributed by atoms with Crippen molar-refractivity contribution in [2.24, 2.45) is 17.8 Å². The van der Waals surface area contributed by atoms with E-state index in [0.29, 0.717) is 18.0 Å². The zero-order valence-corrected chi connectivity index (χ0v) is 20.5. The number of thiophene rings is 1. The monoisotopic (exact) mass is 478 g/mol. The molecule has 1 aromatic carbocycles. The van der Waals surface area contributed by atoms with Crippen LogP contribution in [0.15, 0.2) is 53.0 Å². The Labute approximate surface area is 203 Å². The van der Waals surface area contributed by atoms with Gasteiger partial charge in [0.1, 0.15) is 5.25 Å². The highest BCUT2D eigenvalue weighted by atomic mass is 32.2. The molecule has 3 aliphatic carbocycles. The first-order valence-corrected chi connectivity index (χ1v) is 13.9. The summed E-state index contributed by atoms with van der Waals surface area (Å²) in [7, 11) is 0. The van der Waals surface area contributed by atoms with Crippen molar-refractivity contribution in [1.82, 2.24) is 20.1 Å². The number of amides is 1. The summed E-state index contributed by atoms with van der Waals surface area (Å²) in [6.07, 6.45) is 7.60. The number of rotatable bonds is 8. The summed E-state index contributed by atoms with van der Waals surface area (Å²) in [6.45, 7) is 2.34. The summed E-state index contributed by atoms with van der Waals surface area (Å²) in [4.78, 5) is 14.4. The number of hydrogen-bond acceptors (Lipinski definition) is 5. The molecule has 3 fully saturated rings. The van der Waals surface area contributed by atoms with Crippen LogP contribution in [-0.2, 0) is 4.79 Å². The third-order valence-electron chi connectivity index (χ3n) is 7.71. The van der Waals surface area contributed by atoms with Crippen LogP contribution in [0.25, 0.3) is 10.7 Å². The first-order chi connectivity index (χ1) is 16.2. The Balaban J connectivity index is 1.36. The molecule has 172 valence electrons. The van der Waals surface area contributed by atoms with Gasteiger partial charge in [0.25, 0.3) is 0 Å². The van der Waals surface area contributed by atoms with E-state index in [1.165, 1.54) is 25.7 Å². The van der Waals surface area contributed by atoms with Crippen molar-refractivity contribution in [3.63, 3.8) is 0 Å². The van der Waals surface area contributed by atoms with E-state index in [-0.39, 0.29) is 11.2 Å². The molecule has 0 aliphatic heterocycles. The van der Waals surface area contributed by atoms with E-state index in [9.17, 15) is 4.79 Å². The summed E-state index contributed by atoms with van der Waals surface area (Å²) in [5.41, 5.74) is 1.01. The van der Waals surface area contributed by atoms with Crippen LogP contribution in [0.5, 0.6) is 0 Å². The Morgan fingerprint density at radius 2 is 1.94 bits per heavy atom. The van der Waals surface area contributed by atoms with Gasteiger partial charge in [0.05, 0.1) is 4.88 Å². The SMILES string of the molecule is CC(C1CC2CCC1C2)n1c(SC(C(=O)NC2CC2)c2ccccc2)nnc1-c1cccs1. The number of fused-ring (bicyclic) bond motifs is 2. The lowest BCUT2D eigenvalue weighted by Gasteiger charge is -2.30. The predicted molar refractivity (Wildman–Crippen MR) is 133 cm³/mol. The van der Waals surface area contributed by atoms with Gasteiger partial charge in [-0.2, -0.15) is 0 Å². The van der Waals surface area contributed by atoms with Crippen molar-refractivity contribution in [1.29, 1.82) is 0 Å². The molecule has 5 atom stereocenters. The molecule has 1 N–H and O–H groups in total. The fourth-order valence-corrected chi connectivity index (χ4v) is 7.72. The molecular weight excluding hydrogens is 448 g/mol. The molecule has 3 aliphatic rings. The molecule has 7 heteroatoms. The van der Waals surface area contributed by atoms with Crippen LogP contribution in [-0.4, -0.2) is 26.7 Å². The van der Waals surface area contributed by atoms with Gasteiger partial charge in [0, 0.05) is 12.1 Å². The number of aromatic nitrogens is 3. The smallest absolute Gasteiger partial charge is 0.238 e. The molecule has 2 aromatic heterocycles. The lowest BCUT2D eigenvalue weighted by atomic mass is 9.84. The first-order valence-electron chi connectivity index (χ1n) is 12.2. The quantitative estimate of drug-likeness (QED) is 0.397. The molecule has 3 saturated carbocycles. The molecule has 0 spiro atoms. The number of nitrogens with one attached hydrogen (secondary N) is 1. The van der Waals surface area contributed by atoms with E-state index in [0.717, 1.165) is 46.1 Å². The number of nitrogens with zero attached hydrogens (tertiary/aromatic N) is 3. The summed E-state index contributed by atoms with van der Waals surface area (Å²) < 4.78 is 2.35. The van der Waals surface area contributed by atoms with Gasteiger partial charge in [-0.25, -0.2) is 0 Å². The molecule has 3 aromatic rings. The van der Waals surface area contributed by atoms with Gasteiger partial charge in [0.15, 0.2) is 11.0 Å². The number of carbonyl (C=O) groups excluding carboxylic acids is 1. The normalized spacial score (nSPS) is 25.8. The number of hydrogen-bond donors (Lipinski definition) is 1. The highest BCUT2D eigenvalue weighted by Gasteiger charge is 2.43. The summed E-state index contributed by atoms with van der Waals surface area (Å²) in [5.74, 6) is 3.38. The molecule has 2 heterocycles. The molecule has 0 radical (unpaired) electrons. The summed E-state index contributed by atoms with van der Waals surface area (Å²) in [6, 6.07) is 15.0. The van der Waals surface area contributed by atoms with E-state index < -0.39 is 0 Å². The summed E-state index contributed by atoms with van der Waals surface area (Å²) >= 11 is 3.26. The van der Waals surface area contributed by atoms with Crippen LogP contribution in [0.1, 0.15) is 62.3 Å². The predicted octanol–water partition coefficient (Wildman–Crippen LogP) is 6.12. The van der Waals surface area contributed by atoms with Gasteiger partial charge in [0.2, 0.25) is 5.91 Å². The number of carbonyl (C=O) groups is 1. The minimum Gasteiger partial charge on any atom is -0.352 e. The van der Waals surface area contributed by atoms with E-state index >= 15 is 0 Å². The average molecular weight is 479 g/mol. The maximum Gasteiger partial charge on any atom is 0.238 e. The van der Waals surface area contributed by atoms with Crippen molar-refractivity contribution >= 4 is 29.0 Å². The second-order valence-electron chi connectivity index (χ2n) is 9.92. The number of thioether (sulfide) groups is 1. The van der Waals surface area contributed by atoms with Crippen LogP contribution in [0.2, 0.25) is 0 Å². The maximum absolute atomic E-state index is 13.3. The lowest BCUT2D eigenvalue weighted by molar-refractivity contribution is -0.120. The Kier molecular flexibility index (Phi) is 5.78. The molecule has 0 saturated heterocycles. The van der Waals surface area contributed by atoms with E-state index in [4.69, 9.17) is 0 Å². The summed E-state index contributed by atoms with van der Waals surface area (Å²) in [5, 5.41) is 15.2. The Morgan fingerprint density at radius 3 is 2.61 bits per heavy atom. The molecule has 6 rings (SSSR count). The molecular formula is C26H30N4OS2. The highest BCUT2D eigenvalue weighted by Crippen LogP contribution is 2.53. The fourth-order valence-electron chi connectivity index (χ4n) is 5.89. The van der Waals surface area contributed by atoms with Gasteiger partial charge in [-0.15, -0.1) is 21.5 Å². The van der Waals surface area contributed by atoms with Gasteiger partial charge in [-0.3, -0.25) is 9.36 Å². The second kappa shape index (κ2) is 8.91. The van der Waals surface area contributed by atoms with Gasteiger partial charge in [-0.1, -0.05) is 54.6 Å². The molecule has 1 amide bonds. The number of benzene rings is 1. The van der Waals surface area contributed by atoms with Crippen molar-refractivity contribution in [3.8, 4) is 10.7 Å². The van der Waals surface area contributed by atoms with Crippen molar-refractivity contribution in [2.45, 2.75) is 67.9 Å². The first kappa shape index (κ1) is 21.4. The standard InChI is InChI=1S/C26H30N4OS2/c1-16(21-15-17-9-10-19(21)14-17)30-24(22-8-5-13-32-22)28-29-26(30)33-23(18-6-3-2-4-7-18)25(31)27-20-11-12-20/h2-8,13,16-17,19-21,23H,9-12,14-15H2,1H3,(H,27,31). The molecule has 5 nitrogen and oxygen atoms in total.